The summed E-state index contributed by atoms with van der Waals surface area (Å²) in [6.45, 7) is 6.44. The predicted molar refractivity (Wildman–Crippen MR) is 68.3 cm³/mol. The minimum Gasteiger partial charge on any atom is -0.379 e. The molecule has 0 aliphatic carbocycles. The highest BCUT2D eigenvalue weighted by Gasteiger charge is 2.03. The van der Waals surface area contributed by atoms with Crippen molar-refractivity contribution in [3.63, 3.8) is 0 Å². The normalized spacial score (nSPS) is 11.2. The van der Waals surface area contributed by atoms with E-state index in [-0.39, 0.29) is 0 Å². The molecule has 0 bridgehead atoms. The second-order valence-corrected chi connectivity index (χ2v) is 3.88. The van der Waals surface area contributed by atoms with Crippen LogP contribution < -0.4 is 17.2 Å². The van der Waals surface area contributed by atoms with E-state index in [1.54, 1.807) is 0 Å². The molecule has 0 aromatic carbocycles. The summed E-state index contributed by atoms with van der Waals surface area (Å²) in [7, 11) is 0. The van der Waals surface area contributed by atoms with Gasteiger partial charge in [0.05, 0.1) is 13.2 Å². The fourth-order valence-electron chi connectivity index (χ4n) is 1.55. The molecule has 0 aliphatic heterocycles. The molecule has 6 N–H and O–H groups in total. The number of nitrogens with zero attached hydrogens (tertiary/aromatic N) is 1. The maximum Gasteiger partial charge on any atom is 0.0594 e. The fraction of sp³-hybridized carbons (Fsp3) is 1.00. The van der Waals surface area contributed by atoms with E-state index in [0.717, 1.165) is 39.2 Å². The predicted octanol–water partition coefficient (Wildman–Crippen LogP) is -0.649. The molecule has 0 saturated heterocycles. The lowest BCUT2D eigenvalue weighted by molar-refractivity contribution is 0.109. The molecule has 0 unspecified atom stereocenters. The van der Waals surface area contributed by atoms with E-state index in [9.17, 15) is 0 Å². The number of rotatable bonds is 12. The van der Waals surface area contributed by atoms with E-state index in [0.29, 0.717) is 19.7 Å². The molecule has 0 saturated carbocycles. The van der Waals surface area contributed by atoms with E-state index in [4.69, 9.17) is 21.9 Å². The highest BCUT2D eigenvalue weighted by molar-refractivity contribution is 4.58. The van der Waals surface area contributed by atoms with Crippen LogP contribution >= 0.6 is 0 Å². The van der Waals surface area contributed by atoms with Gasteiger partial charge in [-0.2, -0.15) is 0 Å². The molecule has 0 atom stereocenters. The van der Waals surface area contributed by atoms with Crippen molar-refractivity contribution in [3.05, 3.63) is 0 Å². The van der Waals surface area contributed by atoms with Crippen LogP contribution in [0.25, 0.3) is 0 Å². The number of ether oxygens (including phenoxy) is 1. The van der Waals surface area contributed by atoms with Crippen molar-refractivity contribution in [1.82, 2.24) is 4.90 Å². The van der Waals surface area contributed by atoms with Crippen molar-refractivity contribution in [1.29, 1.82) is 0 Å². The van der Waals surface area contributed by atoms with Gasteiger partial charge in [-0.05, 0) is 25.9 Å². The van der Waals surface area contributed by atoms with E-state index in [1.807, 2.05) is 0 Å². The lowest BCUT2D eigenvalue weighted by Gasteiger charge is -2.21. The molecule has 0 aliphatic rings. The topological polar surface area (TPSA) is 90.5 Å². The third-order valence-electron chi connectivity index (χ3n) is 2.44. The largest absolute Gasteiger partial charge is 0.379 e. The summed E-state index contributed by atoms with van der Waals surface area (Å²) in [5.41, 5.74) is 16.4. The Morgan fingerprint density at radius 3 is 2.12 bits per heavy atom. The smallest absolute Gasteiger partial charge is 0.0594 e. The molecule has 0 amide bonds. The summed E-state index contributed by atoms with van der Waals surface area (Å²) in [5.74, 6) is 0. The molecule has 16 heavy (non-hydrogen) atoms. The Morgan fingerprint density at radius 1 is 0.688 bits per heavy atom. The van der Waals surface area contributed by atoms with E-state index >= 15 is 0 Å². The van der Waals surface area contributed by atoms with Crippen molar-refractivity contribution in [2.45, 2.75) is 19.3 Å². The molecule has 5 nitrogen and oxygen atoms in total. The lowest BCUT2D eigenvalue weighted by atomic mass is 10.2. The quantitative estimate of drug-likeness (QED) is 0.389. The van der Waals surface area contributed by atoms with Crippen molar-refractivity contribution in [2.24, 2.45) is 17.2 Å². The molecule has 5 heteroatoms. The van der Waals surface area contributed by atoms with Crippen LogP contribution in [-0.2, 0) is 4.74 Å². The van der Waals surface area contributed by atoms with Gasteiger partial charge < -0.3 is 21.9 Å². The van der Waals surface area contributed by atoms with E-state index in [2.05, 4.69) is 4.90 Å². The van der Waals surface area contributed by atoms with Crippen molar-refractivity contribution >= 4 is 0 Å². The highest BCUT2D eigenvalue weighted by Crippen LogP contribution is 1.97. The number of hydrogen-bond donors (Lipinski definition) is 3. The lowest BCUT2D eigenvalue weighted by Crippen LogP contribution is -2.33. The Morgan fingerprint density at radius 2 is 1.50 bits per heavy atom. The number of hydrogen-bond acceptors (Lipinski definition) is 5. The molecule has 0 fully saturated rings. The van der Waals surface area contributed by atoms with Gasteiger partial charge in [-0.1, -0.05) is 6.42 Å². The van der Waals surface area contributed by atoms with Gasteiger partial charge in [0.2, 0.25) is 0 Å². The molecular weight excluding hydrogens is 204 g/mol. The summed E-state index contributed by atoms with van der Waals surface area (Å²) in [5, 5.41) is 0. The van der Waals surface area contributed by atoms with E-state index in [1.165, 1.54) is 12.8 Å². The molecule has 98 valence electrons. The third kappa shape index (κ3) is 10.3. The first-order valence-electron chi connectivity index (χ1n) is 6.25. The zero-order valence-electron chi connectivity index (χ0n) is 10.4. The molecular formula is C11H28N4O. The first-order valence-corrected chi connectivity index (χ1v) is 6.25. The van der Waals surface area contributed by atoms with Crippen LogP contribution in [0.5, 0.6) is 0 Å². The van der Waals surface area contributed by atoms with Gasteiger partial charge in [-0.15, -0.1) is 0 Å². The maximum atomic E-state index is 5.57. The summed E-state index contributed by atoms with van der Waals surface area (Å²) in [4.78, 5) is 2.34. The first kappa shape index (κ1) is 15.8. The fourth-order valence-corrected chi connectivity index (χ4v) is 1.55. The minimum atomic E-state index is 0.591. The average Bonchev–Trinajstić information content (AvgIpc) is 2.30. The van der Waals surface area contributed by atoms with Crippen molar-refractivity contribution in [2.75, 3.05) is 52.5 Å². The van der Waals surface area contributed by atoms with Crippen molar-refractivity contribution in [3.8, 4) is 0 Å². The van der Waals surface area contributed by atoms with Gasteiger partial charge in [0.15, 0.2) is 0 Å². The Kier molecular flexibility index (Phi) is 12.7. The van der Waals surface area contributed by atoms with Gasteiger partial charge in [-0.25, -0.2) is 0 Å². The Bertz CT molecular complexity index is 123. The maximum absolute atomic E-state index is 5.57. The van der Waals surface area contributed by atoms with Gasteiger partial charge in [0.25, 0.3) is 0 Å². The SMILES string of the molecule is NCCCCCN(CCN)CCOCCN. The third-order valence-corrected chi connectivity index (χ3v) is 2.44. The second-order valence-electron chi connectivity index (χ2n) is 3.88. The van der Waals surface area contributed by atoms with Crippen molar-refractivity contribution < 1.29 is 4.74 Å². The summed E-state index contributed by atoms with van der Waals surface area (Å²) >= 11 is 0. The van der Waals surface area contributed by atoms with Crippen LogP contribution in [0.2, 0.25) is 0 Å². The Labute approximate surface area is 99.3 Å². The summed E-state index contributed by atoms with van der Waals surface area (Å²) < 4.78 is 5.36. The first-order chi connectivity index (χ1) is 7.85. The van der Waals surface area contributed by atoms with Gasteiger partial charge in [0.1, 0.15) is 0 Å². The van der Waals surface area contributed by atoms with Gasteiger partial charge in [-0.3, -0.25) is 4.90 Å². The number of nitrogens with two attached hydrogens (primary N) is 3. The molecule has 0 aromatic heterocycles. The average molecular weight is 232 g/mol. The van der Waals surface area contributed by atoms with Crippen LogP contribution in [-0.4, -0.2) is 57.4 Å². The van der Waals surface area contributed by atoms with Gasteiger partial charge >= 0.3 is 0 Å². The molecule has 0 spiro atoms. The molecule has 0 rings (SSSR count). The molecule has 0 radical (unpaired) electrons. The summed E-state index contributed by atoms with van der Waals surface area (Å²) in [6.07, 6.45) is 3.50. The number of unbranched alkanes of at least 4 members (excludes halogenated alkanes) is 2. The van der Waals surface area contributed by atoms with Crippen LogP contribution in [0.1, 0.15) is 19.3 Å². The molecule has 0 aromatic rings. The zero-order valence-corrected chi connectivity index (χ0v) is 10.4. The minimum absolute atomic E-state index is 0.591. The zero-order chi connectivity index (χ0) is 12.1. The van der Waals surface area contributed by atoms with Crippen LogP contribution in [0, 0.1) is 0 Å². The second kappa shape index (κ2) is 12.9. The van der Waals surface area contributed by atoms with Crippen LogP contribution in [0.4, 0.5) is 0 Å². The standard InChI is InChI=1S/C11H28N4O/c12-4-2-1-3-7-15(8-5-13)9-11-16-10-6-14/h1-14H2. The Balaban J connectivity index is 3.45. The highest BCUT2D eigenvalue weighted by atomic mass is 16.5. The van der Waals surface area contributed by atoms with Crippen LogP contribution in [0.15, 0.2) is 0 Å². The summed E-state index contributed by atoms with van der Waals surface area (Å²) in [6, 6.07) is 0. The van der Waals surface area contributed by atoms with E-state index < -0.39 is 0 Å². The van der Waals surface area contributed by atoms with Gasteiger partial charge in [0, 0.05) is 26.2 Å². The monoisotopic (exact) mass is 232 g/mol. The van der Waals surface area contributed by atoms with Crippen LogP contribution in [0.3, 0.4) is 0 Å². The Hall–Kier alpha value is -0.200. The molecule has 0 heterocycles.